The molecule has 1 aromatic rings. The fourth-order valence-corrected chi connectivity index (χ4v) is 2.86. The van der Waals surface area contributed by atoms with Crippen molar-refractivity contribution in [1.82, 2.24) is 10.2 Å². The molecule has 0 spiro atoms. The van der Waals surface area contributed by atoms with Crippen LogP contribution in [0.3, 0.4) is 0 Å². The zero-order valence-electron chi connectivity index (χ0n) is 9.80. The minimum atomic E-state index is -0.588. The second kappa shape index (κ2) is 6.06. The van der Waals surface area contributed by atoms with Gasteiger partial charge in [-0.15, -0.1) is 0 Å². The number of hydrogen-bond donors (Lipinski definition) is 2. The molecule has 0 aromatic heterocycles. The Bertz CT molecular complexity index is 402. The number of aromatic hydroxyl groups is 1. The lowest BCUT2D eigenvalue weighted by molar-refractivity contribution is 0.145. The van der Waals surface area contributed by atoms with E-state index in [0.29, 0.717) is 15.6 Å². The second-order valence-electron chi connectivity index (χ2n) is 4.28. The largest absolute Gasteiger partial charge is 0.507 e. The molecule has 6 heteroatoms. The molecule has 0 saturated carbocycles. The van der Waals surface area contributed by atoms with Crippen molar-refractivity contribution in [2.75, 3.05) is 32.9 Å². The zero-order chi connectivity index (χ0) is 13.1. The zero-order valence-corrected chi connectivity index (χ0v) is 11.3. The lowest BCUT2D eigenvalue weighted by Gasteiger charge is -2.34. The van der Waals surface area contributed by atoms with Crippen LogP contribution in [0, 0.1) is 0 Å². The van der Waals surface area contributed by atoms with Crippen LogP contribution in [0.5, 0.6) is 5.75 Å². The highest BCUT2D eigenvalue weighted by Crippen LogP contribution is 2.37. The van der Waals surface area contributed by atoms with Gasteiger partial charge >= 0.3 is 0 Å². The molecule has 1 saturated heterocycles. The standard InChI is InChI=1S/C12H15Cl2FN2O/c13-8-5-9(14)12(11(18)6-8)10(7-15)17-3-1-16-2-4-17/h5-6,10,16,18H,1-4,7H2/t10-/m1/s1. The Morgan fingerprint density at radius 1 is 1.33 bits per heavy atom. The number of benzene rings is 1. The van der Waals surface area contributed by atoms with E-state index in [0.717, 1.165) is 26.2 Å². The predicted molar refractivity (Wildman–Crippen MR) is 71.3 cm³/mol. The lowest BCUT2D eigenvalue weighted by atomic mass is 10.0. The normalized spacial score (nSPS) is 18.8. The van der Waals surface area contributed by atoms with E-state index in [2.05, 4.69) is 5.32 Å². The van der Waals surface area contributed by atoms with Gasteiger partial charge in [0.2, 0.25) is 0 Å². The van der Waals surface area contributed by atoms with Gasteiger partial charge in [-0.25, -0.2) is 4.39 Å². The van der Waals surface area contributed by atoms with Crippen LogP contribution in [0.1, 0.15) is 11.6 Å². The van der Waals surface area contributed by atoms with Crippen molar-refractivity contribution in [2.24, 2.45) is 0 Å². The molecule has 1 aromatic carbocycles. The maximum Gasteiger partial charge on any atom is 0.123 e. The SMILES string of the molecule is Oc1cc(Cl)cc(Cl)c1[C@@H](CF)N1CCNCC1. The molecule has 0 bridgehead atoms. The van der Waals surface area contributed by atoms with Gasteiger partial charge in [0, 0.05) is 36.8 Å². The number of phenols is 1. The third-order valence-corrected chi connectivity index (χ3v) is 3.68. The Labute approximate surface area is 115 Å². The number of nitrogens with zero attached hydrogens (tertiary/aromatic N) is 1. The molecule has 3 nitrogen and oxygen atoms in total. The molecule has 100 valence electrons. The molecule has 2 N–H and O–H groups in total. The van der Waals surface area contributed by atoms with Crippen LogP contribution in [0.4, 0.5) is 4.39 Å². The number of phenolic OH excluding ortho intramolecular Hbond substituents is 1. The average molecular weight is 293 g/mol. The summed E-state index contributed by atoms with van der Waals surface area (Å²) >= 11 is 11.9. The summed E-state index contributed by atoms with van der Waals surface area (Å²) in [4.78, 5) is 1.98. The van der Waals surface area contributed by atoms with Crippen molar-refractivity contribution in [3.63, 3.8) is 0 Å². The van der Waals surface area contributed by atoms with Crippen molar-refractivity contribution in [3.8, 4) is 5.75 Å². The minimum Gasteiger partial charge on any atom is -0.507 e. The summed E-state index contributed by atoms with van der Waals surface area (Å²) in [6.45, 7) is 2.49. The van der Waals surface area contributed by atoms with E-state index < -0.39 is 12.7 Å². The fraction of sp³-hybridized carbons (Fsp3) is 0.500. The summed E-state index contributed by atoms with van der Waals surface area (Å²) < 4.78 is 13.3. The van der Waals surface area contributed by atoms with Crippen LogP contribution < -0.4 is 5.32 Å². The molecule has 1 fully saturated rings. The number of halogens is 3. The third-order valence-electron chi connectivity index (χ3n) is 3.14. The Morgan fingerprint density at radius 3 is 2.56 bits per heavy atom. The number of alkyl halides is 1. The van der Waals surface area contributed by atoms with E-state index in [1.807, 2.05) is 4.90 Å². The highest BCUT2D eigenvalue weighted by molar-refractivity contribution is 6.35. The van der Waals surface area contributed by atoms with E-state index in [1.165, 1.54) is 12.1 Å². The minimum absolute atomic E-state index is 0.0475. The summed E-state index contributed by atoms with van der Waals surface area (Å²) in [5, 5.41) is 13.8. The number of hydrogen-bond acceptors (Lipinski definition) is 3. The lowest BCUT2D eigenvalue weighted by Crippen LogP contribution is -2.45. The first-order valence-corrected chi connectivity index (χ1v) is 6.57. The molecular formula is C12H15Cl2FN2O. The van der Waals surface area contributed by atoms with Crippen LogP contribution in [0.25, 0.3) is 0 Å². The van der Waals surface area contributed by atoms with E-state index in [-0.39, 0.29) is 5.75 Å². The van der Waals surface area contributed by atoms with Crippen LogP contribution in [-0.2, 0) is 0 Å². The number of piperazine rings is 1. The van der Waals surface area contributed by atoms with E-state index in [4.69, 9.17) is 23.2 Å². The van der Waals surface area contributed by atoms with Crippen molar-refractivity contribution < 1.29 is 9.50 Å². The van der Waals surface area contributed by atoms with Crippen molar-refractivity contribution in [2.45, 2.75) is 6.04 Å². The first kappa shape index (κ1) is 13.9. The molecule has 1 heterocycles. The van der Waals surface area contributed by atoms with Crippen molar-refractivity contribution >= 4 is 23.2 Å². The van der Waals surface area contributed by atoms with Gasteiger partial charge in [0.05, 0.1) is 11.1 Å². The molecule has 0 amide bonds. The van der Waals surface area contributed by atoms with Gasteiger partial charge < -0.3 is 10.4 Å². The first-order valence-electron chi connectivity index (χ1n) is 5.82. The van der Waals surface area contributed by atoms with E-state index in [1.54, 1.807) is 0 Å². The van der Waals surface area contributed by atoms with Crippen LogP contribution in [0.15, 0.2) is 12.1 Å². The summed E-state index contributed by atoms with van der Waals surface area (Å²) in [6, 6.07) is 2.41. The highest BCUT2D eigenvalue weighted by Gasteiger charge is 2.26. The topological polar surface area (TPSA) is 35.5 Å². The average Bonchev–Trinajstić information content (AvgIpc) is 2.34. The third kappa shape index (κ3) is 2.88. The fourth-order valence-electron chi connectivity index (χ4n) is 2.25. The molecule has 0 radical (unpaired) electrons. The van der Waals surface area contributed by atoms with Gasteiger partial charge in [0.25, 0.3) is 0 Å². The Kier molecular flexibility index (Phi) is 4.67. The quantitative estimate of drug-likeness (QED) is 0.899. The van der Waals surface area contributed by atoms with Crippen LogP contribution in [0.2, 0.25) is 10.0 Å². The Morgan fingerprint density at radius 2 is 2.00 bits per heavy atom. The van der Waals surface area contributed by atoms with Gasteiger partial charge in [0.15, 0.2) is 0 Å². The molecule has 0 unspecified atom stereocenters. The van der Waals surface area contributed by atoms with Gasteiger partial charge in [-0.05, 0) is 12.1 Å². The van der Waals surface area contributed by atoms with Crippen LogP contribution in [-0.4, -0.2) is 42.9 Å². The van der Waals surface area contributed by atoms with Gasteiger partial charge in [0.1, 0.15) is 12.4 Å². The summed E-state index contributed by atoms with van der Waals surface area (Å²) in [7, 11) is 0. The smallest absolute Gasteiger partial charge is 0.123 e. The van der Waals surface area contributed by atoms with Crippen molar-refractivity contribution in [3.05, 3.63) is 27.7 Å². The van der Waals surface area contributed by atoms with Crippen LogP contribution >= 0.6 is 23.2 Å². The Balaban J connectivity index is 2.32. The monoisotopic (exact) mass is 292 g/mol. The van der Waals surface area contributed by atoms with E-state index >= 15 is 0 Å². The maximum atomic E-state index is 13.3. The molecule has 1 aliphatic heterocycles. The molecule has 1 atom stereocenters. The predicted octanol–water partition coefficient (Wildman–Crippen LogP) is 2.61. The second-order valence-corrected chi connectivity index (χ2v) is 5.12. The summed E-state index contributed by atoms with van der Waals surface area (Å²) in [6.07, 6.45) is 0. The maximum absolute atomic E-state index is 13.3. The van der Waals surface area contributed by atoms with Gasteiger partial charge in [-0.1, -0.05) is 23.2 Å². The van der Waals surface area contributed by atoms with Gasteiger partial charge in [-0.3, -0.25) is 4.90 Å². The van der Waals surface area contributed by atoms with E-state index in [9.17, 15) is 9.50 Å². The number of nitrogens with one attached hydrogen (secondary N) is 1. The van der Waals surface area contributed by atoms with Crippen molar-refractivity contribution in [1.29, 1.82) is 0 Å². The summed E-state index contributed by atoms with van der Waals surface area (Å²) in [5.41, 5.74) is 0.422. The first-order chi connectivity index (χ1) is 8.63. The molecule has 18 heavy (non-hydrogen) atoms. The summed E-state index contributed by atoms with van der Waals surface area (Å²) in [5.74, 6) is -0.0475. The molecule has 1 aliphatic rings. The van der Waals surface area contributed by atoms with Gasteiger partial charge in [-0.2, -0.15) is 0 Å². The molecule has 0 aliphatic carbocycles. The number of rotatable bonds is 3. The Hall–Kier alpha value is -0.550. The molecule has 2 rings (SSSR count). The highest BCUT2D eigenvalue weighted by atomic mass is 35.5. The molecular weight excluding hydrogens is 278 g/mol.